The first-order chi connectivity index (χ1) is 10.7. The molecule has 0 saturated carbocycles. The lowest BCUT2D eigenvalue weighted by atomic mass is 10.1. The minimum atomic E-state index is -0.266. The molecule has 2 aromatic carbocycles. The number of aromatic hydroxyl groups is 1. The third kappa shape index (κ3) is 2.56. The van der Waals surface area contributed by atoms with Gasteiger partial charge in [-0.2, -0.15) is 5.10 Å². The zero-order chi connectivity index (χ0) is 15.5. The number of benzene rings is 2. The van der Waals surface area contributed by atoms with Gasteiger partial charge in [-0.3, -0.25) is 4.79 Å². The van der Waals surface area contributed by atoms with Gasteiger partial charge in [0, 0.05) is 6.20 Å². The Hall–Kier alpha value is -3.08. The van der Waals surface area contributed by atoms with Crippen molar-refractivity contribution in [1.29, 1.82) is 0 Å². The van der Waals surface area contributed by atoms with E-state index in [0.717, 1.165) is 11.4 Å². The summed E-state index contributed by atoms with van der Waals surface area (Å²) in [5.41, 5.74) is 1.49. The van der Waals surface area contributed by atoms with Crippen LogP contribution in [0, 0.1) is 0 Å². The first-order valence-corrected chi connectivity index (χ1v) is 6.71. The second-order valence-electron chi connectivity index (χ2n) is 4.72. The number of hydrogen-bond donors (Lipinski definition) is 1. The molecule has 1 aromatic heterocycles. The number of hydrogen-bond acceptors (Lipinski definition) is 4. The molecule has 1 N–H and O–H groups in total. The Bertz CT molecular complexity index is 807. The van der Waals surface area contributed by atoms with E-state index in [2.05, 4.69) is 5.10 Å². The highest BCUT2D eigenvalue weighted by atomic mass is 16.5. The van der Waals surface area contributed by atoms with E-state index < -0.39 is 0 Å². The van der Waals surface area contributed by atoms with Crippen molar-refractivity contribution >= 4 is 5.78 Å². The summed E-state index contributed by atoms with van der Waals surface area (Å²) in [6, 6.07) is 13.8. The largest absolute Gasteiger partial charge is 0.507 e. The number of carbonyl (C=O) groups is 1. The molecule has 0 bridgehead atoms. The van der Waals surface area contributed by atoms with E-state index in [1.165, 1.54) is 12.3 Å². The average molecular weight is 294 g/mol. The number of aromatic nitrogens is 2. The van der Waals surface area contributed by atoms with Gasteiger partial charge in [-0.05, 0) is 36.4 Å². The van der Waals surface area contributed by atoms with Gasteiger partial charge in [-0.15, -0.1) is 0 Å². The first-order valence-electron chi connectivity index (χ1n) is 6.71. The molecule has 0 aliphatic carbocycles. The highest BCUT2D eigenvalue weighted by molar-refractivity contribution is 6.10. The van der Waals surface area contributed by atoms with Crippen LogP contribution in [0.3, 0.4) is 0 Å². The molecule has 22 heavy (non-hydrogen) atoms. The summed E-state index contributed by atoms with van der Waals surface area (Å²) in [5, 5.41) is 14.0. The number of ether oxygens (including phenoxy) is 1. The van der Waals surface area contributed by atoms with E-state index in [0.29, 0.717) is 5.56 Å². The second-order valence-corrected chi connectivity index (χ2v) is 4.72. The number of carbonyl (C=O) groups excluding carboxylic acids is 1. The van der Waals surface area contributed by atoms with Gasteiger partial charge in [0.25, 0.3) is 0 Å². The van der Waals surface area contributed by atoms with Crippen LogP contribution in [-0.4, -0.2) is 27.8 Å². The topological polar surface area (TPSA) is 64.3 Å². The molecule has 0 saturated heterocycles. The molecular formula is C17H14N2O3. The number of para-hydroxylation sites is 1. The van der Waals surface area contributed by atoms with Crippen LogP contribution in [0.15, 0.2) is 60.9 Å². The van der Waals surface area contributed by atoms with Crippen LogP contribution < -0.4 is 4.74 Å². The molecule has 0 aliphatic rings. The predicted octanol–water partition coefficient (Wildman–Crippen LogP) is 2.82. The van der Waals surface area contributed by atoms with Crippen LogP contribution >= 0.6 is 0 Å². The van der Waals surface area contributed by atoms with Crippen molar-refractivity contribution in [2.75, 3.05) is 7.11 Å². The Kier molecular flexibility index (Phi) is 3.62. The van der Waals surface area contributed by atoms with E-state index >= 15 is 0 Å². The maximum absolute atomic E-state index is 12.4. The summed E-state index contributed by atoms with van der Waals surface area (Å²) in [5.74, 6) is 0.448. The minimum absolute atomic E-state index is 0.0373. The van der Waals surface area contributed by atoms with E-state index in [9.17, 15) is 9.90 Å². The molecule has 0 amide bonds. The summed E-state index contributed by atoms with van der Waals surface area (Å²) in [6.45, 7) is 0. The van der Waals surface area contributed by atoms with Crippen LogP contribution in [0.4, 0.5) is 0 Å². The maximum atomic E-state index is 12.4. The number of methoxy groups -OCH3 is 1. The number of nitrogens with zero attached hydrogens (tertiary/aromatic N) is 2. The Balaban J connectivity index is 1.90. The van der Waals surface area contributed by atoms with Crippen molar-refractivity contribution in [3.8, 4) is 17.2 Å². The second kappa shape index (κ2) is 5.73. The van der Waals surface area contributed by atoms with Crippen molar-refractivity contribution < 1.29 is 14.6 Å². The fourth-order valence-corrected chi connectivity index (χ4v) is 2.14. The summed E-state index contributed by atoms with van der Waals surface area (Å²) in [6.07, 6.45) is 3.12. The predicted molar refractivity (Wildman–Crippen MR) is 81.7 cm³/mol. The number of phenolic OH excluding ortho intramolecular Hbond substituents is 1. The Morgan fingerprint density at radius 1 is 1.14 bits per heavy atom. The quantitative estimate of drug-likeness (QED) is 0.751. The van der Waals surface area contributed by atoms with Gasteiger partial charge in [-0.25, -0.2) is 4.68 Å². The SMILES string of the molecule is COc1ccc(-n2cc(C(=O)c3ccccc3O)cn2)cc1. The van der Waals surface area contributed by atoms with Crippen molar-refractivity contribution in [3.63, 3.8) is 0 Å². The first kappa shape index (κ1) is 13.9. The highest BCUT2D eigenvalue weighted by Crippen LogP contribution is 2.20. The molecule has 5 nitrogen and oxygen atoms in total. The number of ketones is 1. The molecule has 110 valence electrons. The van der Waals surface area contributed by atoms with Gasteiger partial charge in [0.1, 0.15) is 11.5 Å². The lowest BCUT2D eigenvalue weighted by molar-refractivity contribution is 0.103. The van der Waals surface area contributed by atoms with E-state index in [1.54, 1.807) is 36.2 Å². The summed E-state index contributed by atoms with van der Waals surface area (Å²) >= 11 is 0. The van der Waals surface area contributed by atoms with Gasteiger partial charge >= 0.3 is 0 Å². The van der Waals surface area contributed by atoms with Gasteiger partial charge in [-0.1, -0.05) is 12.1 Å². The van der Waals surface area contributed by atoms with Crippen molar-refractivity contribution in [2.24, 2.45) is 0 Å². The summed E-state index contributed by atoms with van der Waals surface area (Å²) in [4.78, 5) is 12.4. The van der Waals surface area contributed by atoms with Crippen molar-refractivity contribution in [3.05, 3.63) is 72.1 Å². The molecule has 0 fully saturated rings. The Morgan fingerprint density at radius 3 is 2.55 bits per heavy atom. The van der Waals surface area contributed by atoms with Gasteiger partial charge < -0.3 is 9.84 Å². The fraction of sp³-hybridized carbons (Fsp3) is 0.0588. The average Bonchev–Trinajstić information content (AvgIpc) is 3.05. The molecule has 0 unspecified atom stereocenters. The normalized spacial score (nSPS) is 10.4. The van der Waals surface area contributed by atoms with E-state index in [4.69, 9.17) is 4.74 Å². The number of phenols is 1. The molecule has 0 aliphatic heterocycles. The van der Waals surface area contributed by atoms with Crippen LogP contribution in [-0.2, 0) is 0 Å². The van der Waals surface area contributed by atoms with E-state index in [1.807, 2.05) is 24.3 Å². The molecule has 5 heteroatoms. The fourth-order valence-electron chi connectivity index (χ4n) is 2.14. The van der Waals surface area contributed by atoms with Gasteiger partial charge in [0.2, 0.25) is 0 Å². The molecular weight excluding hydrogens is 280 g/mol. The smallest absolute Gasteiger partial charge is 0.199 e. The number of rotatable bonds is 4. The Morgan fingerprint density at radius 2 is 1.86 bits per heavy atom. The molecule has 0 atom stereocenters. The molecule has 3 rings (SSSR count). The highest BCUT2D eigenvalue weighted by Gasteiger charge is 2.15. The van der Waals surface area contributed by atoms with Gasteiger partial charge in [0.15, 0.2) is 5.78 Å². The lowest BCUT2D eigenvalue weighted by Crippen LogP contribution is -2.00. The molecule has 1 heterocycles. The maximum Gasteiger partial charge on any atom is 0.199 e. The Labute approximate surface area is 127 Å². The van der Waals surface area contributed by atoms with Crippen LogP contribution in [0.25, 0.3) is 5.69 Å². The summed E-state index contributed by atoms with van der Waals surface area (Å²) in [7, 11) is 1.60. The van der Waals surface area contributed by atoms with Crippen LogP contribution in [0.1, 0.15) is 15.9 Å². The van der Waals surface area contributed by atoms with Crippen molar-refractivity contribution in [2.45, 2.75) is 0 Å². The summed E-state index contributed by atoms with van der Waals surface area (Å²) < 4.78 is 6.71. The molecule has 3 aromatic rings. The monoisotopic (exact) mass is 294 g/mol. The van der Waals surface area contributed by atoms with Crippen LogP contribution in [0.2, 0.25) is 0 Å². The lowest BCUT2D eigenvalue weighted by Gasteiger charge is -2.03. The van der Waals surface area contributed by atoms with E-state index in [-0.39, 0.29) is 17.1 Å². The standard InChI is InChI=1S/C17H14N2O3/c1-22-14-8-6-13(7-9-14)19-11-12(10-18-19)17(21)15-4-2-3-5-16(15)20/h2-11,20H,1H3. The molecule has 0 radical (unpaired) electrons. The third-order valence-electron chi connectivity index (χ3n) is 3.33. The van der Waals surface area contributed by atoms with Crippen LogP contribution in [0.5, 0.6) is 11.5 Å². The minimum Gasteiger partial charge on any atom is -0.507 e. The van der Waals surface area contributed by atoms with Crippen molar-refractivity contribution in [1.82, 2.24) is 9.78 Å². The molecule has 0 spiro atoms. The zero-order valence-corrected chi connectivity index (χ0v) is 11.9. The third-order valence-corrected chi connectivity index (χ3v) is 3.33. The zero-order valence-electron chi connectivity index (χ0n) is 11.9. The van der Waals surface area contributed by atoms with Gasteiger partial charge in [0.05, 0.1) is 30.1 Å².